The minimum atomic E-state index is -0.0405. The predicted molar refractivity (Wildman–Crippen MR) is 90.1 cm³/mol. The molecule has 7 heteroatoms. The number of amides is 1. The van der Waals surface area contributed by atoms with E-state index in [1.54, 1.807) is 16.9 Å². The zero-order valence-corrected chi connectivity index (χ0v) is 13.7. The average molecular weight is 367 g/mol. The van der Waals surface area contributed by atoms with Gasteiger partial charge in [0.25, 0.3) is 0 Å². The molecule has 2 aromatic rings. The maximum atomic E-state index is 11.9. The zero-order valence-electron chi connectivity index (χ0n) is 11.3. The summed E-state index contributed by atoms with van der Waals surface area (Å²) in [6.07, 6.45) is 4.74. The number of aryl methyl sites for hydroxylation is 1. The highest BCUT2D eigenvalue weighted by molar-refractivity contribution is 9.10. The second kappa shape index (κ2) is 7.33. The smallest absolute Gasteiger partial charge is 0.224 e. The Kier molecular flexibility index (Phi) is 5.46. The topological polar surface area (TPSA) is 72.9 Å². The summed E-state index contributed by atoms with van der Waals surface area (Å²) in [7, 11) is 0. The summed E-state index contributed by atoms with van der Waals surface area (Å²) in [6.45, 7) is 0.700. The summed E-state index contributed by atoms with van der Waals surface area (Å²) in [5.41, 5.74) is 7.01. The standard InChI is InChI=1S/C14H15BrN4OS/c15-11-8-17-19(9-11)6-2-5-13(20)18-12-4-1-3-10(7-12)14(16)21/h1,3-4,7-9H,2,5-6H2,(H2,16,21)(H,18,20). The first-order valence-corrected chi connectivity index (χ1v) is 7.62. The number of benzene rings is 1. The molecule has 0 aliphatic carbocycles. The van der Waals surface area contributed by atoms with Gasteiger partial charge in [0, 0.05) is 30.4 Å². The lowest BCUT2D eigenvalue weighted by molar-refractivity contribution is -0.116. The van der Waals surface area contributed by atoms with Crippen LogP contribution in [0.3, 0.4) is 0 Å². The molecule has 3 N–H and O–H groups in total. The van der Waals surface area contributed by atoms with Gasteiger partial charge in [-0.3, -0.25) is 9.48 Å². The number of hydrogen-bond donors (Lipinski definition) is 2. The second-order valence-electron chi connectivity index (χ2n) is 4.52. The number of carbonyl (C=O) groups is 1. The third kappa shape index (κ3) is 4.95. The molecule has 1 aromatic carbocycles. The van der Waals surface area contributed by atoms with Crippen molar-refractivity contribution in [2.75, 3.05) is 5.32 Å². The lowest BCUT2D eigenvalue weighted by Gasteiger charge is -2.07. The first-order chi connectivity index (χ1) is 10.0. The lowest BCUT2D eigenvalue weighted by Crippen LogP contribution is -2.14. The van der Waals surface area contributed by atoms with Crippen molar-refractivity contribution in [1.82, 2.24) is 9.78 Å². The summed E-state index contributed by atoms with van der Waals surface area (Å²) in [5.74, 6) is -0.0405. The van der Waals surface area contributed by atoms with Crippen LogP contribution >= 0.6 is 28.1 Å². The molecule has 0 spiro atoms. The van der Waals surface area contributed by atoms with Crippen molar-refractivity contribution in [2.45, 2.75) is 19.4 Å². The van der Waals surface area contributed by atoms with Gasteiger partial charge in [-0.1, -0.05) is 24.4 Å². The van der Waals surface area contributed by atoms with Crippen LogP contribution in [-0.4, -0.2) is 20.7 Å². The molecule has 5 nitrogen and oxygen atoms in total. The van der Waals surface area contributed by atoms with Crippen LogP contribution in [0.1, 0.15) is 18.4 Å². The Morgan fingerprint density at radius 1 is 1.48 bits per heavy atom. The molecule has 0 atom stereocenters. The summed E-state index contributed by atoms with van der Waals surface area (Å²) >= 11 is 8.25. The van der Waals surface area contributed by atoms with Gasteiger partial charge >= 0.3 is 0 Å². The fraction of sp³-hybridized carbons (Fsp3) is 0.214. The molecule has 0 bridgehead atoms. The van der Waals surface area contributed by atoms with Crippen molar-refractivity contribution >= 4 is 44.7 Å². The SMILES string of the molecule is NC(=S)c1cccc(NC(=O)CCCn2cc(Br)cn2)c1. The van der Waals surface area contributed by atoms with Gasteiger partial charge in [0.2, 0.25) is 5.91 Å². The van der Waals surface area contributed by atoms with Crippen LogP contribution in [-0.2, 0) is 11.3 Å². The quantitative estimate of drug-likeness (QED) is 0.770. The third-order valence-corrected chi connectivity index (χ3v) is 3.47. The molecule has 1 aromatic heterocycles. The first-order valence-electron chi connectivity index (χ1n) is 6.42. The number of thiocarbonyl (C=S) groups is 1. The van der Waals surface area contributed by atoms with Gasteiger partial charge in [-0.15, -0.1) is 0 Å². The van der Waals surface area contributed by atoms with Gasteiger partial charge in [0.05, 0.1) is 10.7 Å². The normalized spacial score (nSPS) is 10.3. The van der Waals surface area contributed by atoms with Crippen molar-refractivity contribution in [3.05, 3.63) is 46.7 Å². The zero-order chi connectivity index (χ0) is 15.2. The lowest BCUT2D eigenvalue weighted by atomic mass is 10.2. The number of nitrogens with two attached hydrogens (primary N) is 1. The van der Waals surface area contributed by atoms with Crippen molar-refractivity contribution in [3.63, 3.8) is 0 Å². The Bertz CT molecular complexity index is 656. The van der Waals surface area contributed by atoms with E-state index in [-0.39, 0.29) is 5.91 Å². The average Bonchev–Trinajstić information content (AvgIpc) is 2.84. The maximum absolute atomic E-state index is 11.9. The van der Waals surface area contributed by atoms with Crippen LogP contribution in [0, 0.1) is 0 Å². The van der Waals surface area contributed by atoms with Gasteiger partial charge in [-0.2, -0.15) is 5.10 Å². The van der Waals surface area contributed by atoms with Crippen molar-refractivity contribution < 1.29 is 4.79 Å². The van der Waals surface area contributed by atoms with E-state index < -0.39 is 0 Å². The van der Waals surface area contributed by atoms with Crippen molar-refractivity contribution in [1.29, 1.82) is 0 Å². The predicted octanol–water partition coefficient (Wildman–Crippen LogP) is 2.70. The highest BCUT2D eigenvalue weighted by Gasteiger charge is 2.04. The van der Waals surface area contributed by atoms with Gasteiger partial charge in [0.1, 0.15) is 4.99 Å². The monoisotopic (exact) mass is 366 g/mol. The molecule has 0 saturated carbocycles. The van der Waals surface area contributed by atoms with Crippen LogP contribution in [0.4, 0.5) is 5.69 Å². The molecular weight excluding hydrogens is 352 g/mol. The summed E-state index contributed by atoms with van der Waals surface area (Å²) in [5, 5.41) is 6.97. The minimum absolute atomic E-state index is 0.0405. The largest absolute Gasteiger partial charge is 0.389 e. The number of carbonyl (C=O) groups excluding carboxylic acids is 1. The highest BCUT2D eigenvalue weighted by Crippen LogP contribution is 2.12. The number of nitrogens with one attached hydrogen (secondary N) is 1. The van der Waals surface area contributed by atoms with E-state index in [1.165, 1.54) is 0 Å². The van der Waals surface area contributed by atoms with E-state index in [4.69, 9.17) is 18.0 Å². The molecule has 1 heterocycles. The molecule has 21 heavy (non-hydrogen) atoms. The van der Waals surface area contributed by atoms with Gasteiger partial charge in [-0.25, -0.2) is 0 Å². The molecule has 0 radical (unpaired) electrons. The Morgan fingerprint density at radius 2 is 2.29 bits per heavy atom. The Hall–Kier alpha value is -1.73. The Labute approximate surface area is 136 Å². The van der Waals surface area contributed by atoms with Crippen molar-refractivity contribution in [3.8, 4) is 0 Å². The van der Waals surface area contributed by atoms with Crippen LogP contribution in [0.2, 0.25) is 0 Å². The maximum Gasteiger partial charge on any atom is 0.224 e. The summed E-state index contributed by atoms with van der Waals surface area (Å²) < 4.78 is 2.73. The fourth-order valence-corrected chi connectivity index (χ4v) is 2.29. The molecule has 1 amide bonds. The number of anilines is 1. The van der Waals surface area contributed by atoms with E-state index in [2.05, 4.69) is 26.3 Å². The number of aromatic nitrogens is 2. The number of rotatable bonds is 6. The van der Waals surface area contributed by atoms with E-state index in [9.17, 15) is 4.79 Å². The molecule has 2 rings (SSSR count). The molecule has 0 fully saturated rings. The molecule has 0 aliphatic rings. The Morgan fingerprint density at radius 3 is 2.95 bits per heavy atom. The minimum Gasteiger partial charge on any atom is -0.389 e. The number of nitrogens with zero attached hydrogens (tertiary/aromatic N) is 2. The van der Waals surface area contributed by atoms with Gasteiger partial charge in [-0.05, 0) is 34.5 Å². The molecular formula is C14H15BrN4OS. The molecule has 0 aliphatic heterocycles. The van der Waals surface area contributed by atoms with Crippen molar-refractivity contribution in [2.24, 2.45) is 5.73 Å². The van der Waals surface area contributed by atoms with Crippen LogP contribution in [0.15, 0.2) is 41.1 Å². The summed E-state index contributed by atoms with van der Waals surface area (Å²) in [6, 6.07) is 7.20. The first kappa shape index (κ1) is 15.7. The number of hydrogen-bond acceptors (Lipinski definition) is 3. The van der Waals surface area contributed by atoms with E-state index in [0.717, 1.165) is 16.5 Å². The molecule has 110 valence electrons. The van der Waals surface area contributed by atoms with Crippen LogP contribution in [0.5, 0.6) is 0 Å². The molecule has 0 saturated heterocycles. The number of halogens is 1. The van der Waals surface area contributed by atoms with Gasteiger partial charge in [0.15, 0.2) is 0 Å². The van der Waals surface area contributed by atoms with E-state index >= 15 is 0 Å². The van der Waals surface area contributed by atoms with Crippen LogP contribution < -0.4 is 11.1 Å². The van der Waals surface area contributed by atoms with Crippen LogP contribution in [0.25, 0.3) is 0 Å². The van der Waals surface area contributed by atoms with E-state index in [1.807, 2.05) is 24.4 Å². The highest BCUT2D eigenvalue weighted by atomic mass is 79.9. The summed E-state index contributed by atoms with van der Waals surface area (Å²) in [4.78, 5) is 12.2. The van der Waals surface area contributed by atoms with E-state index in [0.29, 0.717) is 23.6 Å². The second-order valence-corrected chi connectivity index (χ2v) is 5.87. The third-order valence-electron chi connectivity index (χ3n) is 2.82. The molecule has 0 unspecified atom stereocenters. The fourth-order valence-electron chi connectivity index (χ4n) is 1.84. The van der Waals surface area contributed by atoms with Gasteiger partial charge < -0.3 is 11.1 Å². The Balaban J connectivity index is 1.81.